The van der Waals surface area contributed by atoms with Crippen molar-refractivity contribution in [2.45, 2.75) is 0 Å². The first kappa shape index (κ1) is 8.84. The lowest BCUT2D eigenvalue weighted by atomic mass is 10.1. The van der Waals surface area contributed by atoms with Crippen molar-refractivity contribution in [3.05, 3.63) is 48.1 Å². The molecule has 78 valence electrons. The molecule has 1 aromatic carbocycles. The molecule has 0 aliphatic carbocycles. The van der Waals surface area contributed by atoms with Gasteiger partial charge in [0.05, 0.1) is 29.1 Å². The number of aromatic nitrogens is 4. The van der Waals surface area contributed by atoms with Crippen molar-refractivity contribution in [2.24, 2.45) is 0 Å². The Morgan fingerprint density at radius 3 is 3.06 bits per heavy atom. The highest BCUT2D eigenvalue weighted by Gasteiger charge is 2.09. The number of fused-ring (bicyclic) bond motifs is 1. The van der Waals surface area contributed by atoms with E-state index >= 15 is 0 Å². The van der Waals surface area contributed by atoms with Crippen LogP contribution in [0.15, 0.2) is 42.9 Å². The highest BCUT2D eigenvalue weighted by atomic mass is 16.5. The predicted octanol–water partition coefficient (Wildman–Crippen LogP) is 1.26. The van der Waals surface area contributed by atoms with E-state index in [9.17, 15) is 5.21 Å². The number of imidazole rings is 1. The van der Waals surface area contributed by atoms with Crippen LogP contribution in [0.2, 0.25) is 0 Å². The van der Waals surface area contributed by atoms with Crippen LogP contribution in [0, 0.1) is 5.21 Å². The Morgan fingerprint density at radius 1 is 1.25 bits per heavy atom. The van der Waals surface area contributed by atoms with E-state index in [-0.39, 0.29) is 0 Å². The van der Waals surface area contributed by atoms with Gasteiger partial charge in [-0.25, -0.2) is 4.98 Å². The molecule has 5 nitrogen and oxygen atoms in total. The fourth-order valence-corrected chi connectivity index (χ4v) is 1.66. The molecule has 3 aromatic rings. The molecule has 0 aliphatic rings. The highest BCUT2D eigenvalue weighted by molar-refractivity contribution is 5.79. The molecule has 5 heteroatoms. The number of benzene rings is 1. The normalized spacial score (nSPS) is 10.8. The summed E-state index contributed by atoms with van der Waals surface area (Å²) in [6, 6.07) is 9.08. The lowest BCUT2D eigenvalue weighted by Gasteiger charge is -2.00. The second kappa shape index (κ2) is 3.30. The van der Waals surface area contributed by atoms with Crippen LogP contribution in [0.4, 0.5) is 0 Å². The van der Waals surface area contributed by atoms with Crippen LogP contribution in [0.25, 0.3) is 22.3 Å². The first-order valence-corrected chi connectivity index (χ1v) is 4.83. The molecule has 0 saturated carbocycles. The van der Waals surface area contributed by atoms with Crippen LogP contribution in [0.1, 0.15) is 0 Å². The van der Waals surface area contributed by atoms with Crippen LogP contribution in [0.3, 0.4) is 0 Å². The maximum atomic E-state index is 11.5. The molecule has 2 heterocycles. The predicted molar refractivity (Wildman–Crippen MR) is 58.3 cm³/mol. The van der Waals surface area contributed by atoms with Crippen LogP contribution in [0.5, 0.6) is 0 Å². The molecular formula is C11H8N4O. The summed E-state index contributed by atoms with van der Waals surface area (Å²) in [5.41, 5.74) is 3.11. The molecule has 0 bridgehead atoms. The van der Waals surface area contributed by atoms with E-state index in [4.69, 9.17) is 0 Å². The lowest BCUT2D eigenvalue weighted by Crippen LogP contribution is -2.33. The summed E-state index contributed by atoms with van der Waals surface area (Å²) >= 11 is 0. The Morgan fingerprint density at radius 2 is 2.19 bits per heavy atom. The van der Waals surface area contributed by atoms with Crippen molar-refractivity contribution < 1.29 is 4.85 Å². The number of hydrogen-bond acceptors (Lipinski definition) is 3. The van der Waals surface area contributed by atoms with Crippen molar-refractivity contribution in [2.75, 3.05) is 0 Å². The topological polar surface area (TPSA) is 68.5 Å². The van der Waals surface area contributed by atoms with E-state index in [1.54, 1.807) is 18.5 Å². The summed E-state index contributed by atoms with van der Waals surface area (Å²) in [5, 5.41) is 15.1. The van der Waals surface area contributed by atoms with Gasteiger partial charge in [-0.15, -0.1) is 0 Å². The number of nitrogens with one attached hydrogen (secondary N) is 1. The van der Waals surface area contributed by atoms with Crippen LogP contribution in [-0.2, 0) is 0 Å². The van der Waals surface area contributed by atoms with Gasteiger partial charge >= 0.3 is 0 Å². The fraction of sp³-hybridized carbons (Fsp3) is 0. The minimum Gasteiger partial charge on any atom is -0.594 e. The highest BCUT2D eigenvalue weighted by Crippen LogP contribution is 2.19. The number of H-pyrrole nitrogens is 1. The van der Waals surface area contributed by atoms with Gasteiger partial charge < -0.3 is 10.2 Å². The van der Waals surface area contributed by atoms with E-state index in [0.29, 0.717) is 10.5 Å². The molecule has 0 fully saturated rings. The number of hydrogen-bond donors (Lipinski definition) is 1. The quantitative estimate of drug-likeness (QED) is 0.487. The van der Waals surface area contributed by atoms with Gasteiger partial charge in [-0.2, -0.15) is 0 Å². The van der Waals surface area contributed by atoms with E-state index in [2.05, 4.69) is 15.1 Å². The number of rotatable bonds is 1. The molecular weight excluding hydrogens is 204 g/mol. The van der Waals surface area contributed by atoms with Gasteiger partial charge in [0.15, 0.2) is 0 Å². The Balaban J connectivity index is 2.22. The van der Waals surface area contributed by atoms with E-state index in [1.165, 1.54) is 6.20 Å². The van der Waals surface area contributed by atoms with Crippen molar-refractivity contribution >= 4 is 11.0 Å². The van der Waals surface area contributed by atoms with Gasteiger partial charge in [-0.3, -0.25) is 0 Å². The smallest absolute Gasteiger partial charge is 0.252 e. The summed E-state index contributed by atoms with van der Waals surface area (Å²) < 4.78 is 0. The van der Waals surface area contributed by atoms with Crippen LogP contribution in [-0.4, -0.2) is 15.1 Å². The minimum absolute atomic E-state index is 0.521. The molecule has 0 radical (unpaired) electrons. The van der Waals surface area contributed by atoms with Gasteiger partial charge in [-0.05, 0) is 24.3 Å². The van der Waals surface area contributed by atoms with Crippen LogP contribution < -0.4 is 4.85 Å². The molecule has 0 unspecified atom stereocenters. The Labute approximate surface area is 91.0 Å². The van der Waals surface area contributed by atoms with E-state index in [1.807, 2.05) is 18.2 Å². The Kier molecular flexibility index (Phi) is 1.83. The second-order valence-corrected chi connectivity index (χ2v) is 3.42. The molecule has 3 rings (SSSR count). The zero-order valence-corrected chi connectivity index (χ0v) is 8.29. The number of aromatic amines is 1. The molecule has 0 amide bonds. The summed E-state index contributed by atoms with van der Waals surface area (Å²) in [4.78, 5) is 7.75. The molecule has 0 spiro atoms. The Hall–Kier alpha value is -2.43. The summed E-state index contributed by atoms with van der Waals surface area (Å²) in [7, 11) is 0. The molecule has 0 saturated heterocycles. The summed E-state index contributed by atoms with van der Waals surface area (Å²) in [6.07, 6.45) is 3.09. The monoisotopic (exact) mass is 212 g/mol. The maximum absolute atomic E-state index is 11.5. The first-order valence-electron chi connectivity index (χ1n) is 4.83. The van der Waals surface area contributed by atoms with Crippen molar-refractivity contribution in [3.63, 3.8) is 0 Å². The number of nitrogens with zero attached hydrogens (tertiary/aromatic N) is 3. The second-order valence-electron chi connectivity index (χ2n) is 3.42. The third-order valence-corrected chi connectivity index (χ3v) is 2.43. The molecule has 2 aromatic heterocycles. The molecule has 1 N–H and O–H groups in total. The standard InChI is InChI=1S/C11H8N4O/c16-15-11(2-1-5-14-15)8-3-4-9-10(6-8)13-7-12-9/h1-7H,(H,12,13). The van der Waals surface area contributed by atoms with Gasteiger partial charge in [0.25, 0.3) is 5.69 Å². The molecule has 16 heavy (non-hydrogen) atoms. The Bertz CT molecular complexity index is 647. The average molecular weight is 212 g/mol. The largest absolute Gasteiger partial charge is 0.594 e. The molecule has 0 aliphatic heterocycles. The van der Waals surface area contributed by atoms with Gasteiger partial charge in [-0.1, -0.05) is 4.85 Å². The van der Waals surface area contributed by atoms with Crippen LogP contribution >= 0.6 is 0 Å². The van der Waals surface area contributed by atoms with Crippen molar-refractivity contribution in [3.8, 4) is 11.3 Å². The van der Waals surface area contributed by atoms with Crippen molar-refractivity contribution in [1.29, 1.82) is 0 Å². The zero-order chi connectivity index (χ0) is 11.0. The lowest BCUT2D eigenvalue weighted by molar-refractivity contribution is -0.658. The third-order valence-electron chi connectivity index (χ3n) is 2.43. The van der Waals surface area contributed by atoms with Gasteiger partial charge in [0, 0.05) is 11.2 Å². The zero-order valence-electron chi connectivity index (χ0n) is 8.29. The fourth-order valence-electron chi connectivity index (χ4n) is 1.66. The first-order chi connectivity index (χ1) is 7.84. The summed E-state index contributed by atoms with van der Waals surface area (Å²) in [5.74, 6) is 0. The van der Waals surface area contributed by atoms with E-state index in [0.717, 1.165) is 16.6 Å². The SMILES string of the molecule is [O-][n+]1ncccc1-c1ccc2[nH]cnc2c1. The van der Waals surface area contributed by atoms with E-state index < -0.39 is 0 Å². The molecule has 0 atom stereocenters. The minimum atomic E-state index is 0.521. The maximum Gasteiger partial charge on any atom is 0.252 e. The summed E-state index contributed by atoms with van der Waals surface area (Å²) in [6.45, 7) is 0. The average Bonchev–Trinajstić information content (AvgIpc) is 2.76. The van der Waals surface area contributed by atoms with Crippen molar-refractivity contribution in [1.82, 2.24) is 15.1 Å². The van der Waals surface area contributed by atoms with Gasteiger partial charge in [0.1, 0.15) is 0 Å². The van der Waals surface area contributed by atoms with Gasteiger partial charge in [0.2, 0.25) is 0 Å². The third kappa shape index (κ3) is 1.30.